The van der Waals surface area contributed by atoms with Gasteiger partial charge >= 0.3 is 12.0 Å². The molecule has 2 aliphatic heterocycles. The monoisotopic (exact) mass is 283 g/mol. The first-order chi connectivity index (χ1) is 9.49. The number of hydrogen-bond donors (Lipinski definition) is 1. The van der Waals surface area contributed by atoms with Gasteiger partial charge in [0.05, 0.1) is 5.92 Å². The normalized spacial score (nSPS) is 26.4. The van der Waals surface area contributed by atoms with Crippen molar-refractivity contribution in [2.45, 2.75) is 32.2 Å². The molecule has 0 aliphatic carbocycles. The van der Waals surface area contributed by atoms with Crippen LogP contribution in [0.25, 0.3) is 0 Å². The second kappa shape index (κ2) is 6.43. The van der Waals surface area contributed by atoms with Gasteiger partial charge in [-0.1, -0.05) is 0 Å². The van der Waals surface area contributed by atoms with E-state index in [9.17, 15) is 9.59 Å². The van der Waals surface area contributed by atoms with Crippen molar-refractivity contribution in [3.63, 3.8) is 0 Å². The Morgan fingerprint density at radius 1 is 1.10 bits per heavy atom. The van der Waals surface area contributed by atoms with E-state index in [1.54, 1.807) is 0 Å². The van der Waals surface area contributed by atoms with Crippen molar-refractivity contribution in [2.24, 2.45) is 5.92 Å². The molecule has 0 bridgehead atoms. The van der Waals surface area contributed by atoms with Crippen molar-refractivity contribution in [1.29, 1.82) is 0 Å². The van der Waals surface area contributed by atoms with Gasteiger partial charge in [-0.15, -0.1) is 0 Å². The molecule has 1 atom stereocenters. The molecule has 1 unspecified atom stereocenters. The molecule has 20 heavy (non-hydrogen) atoms. The van der Waals surface area contributed by atoms with Crippen molar-refractivity contribution in [3.8, 4) is 0 Å². The Bertz CT molecular complexity index is 367. The molecule has 0 spiro atoms. The average Bonchev–Trinajstić information content (AvgIpc) is 2.58. The molecule has 2 rings (SSSR count). The van der Waals surface area contributed by atoms with Crippen LogP contribution >= 0.6 is 0 Å². The van der Waals surface area contributed by atoms with Gasteiger partial charge in [0.15, 0.2) is 0 Å². The summed E-state index contributed by atoms with van der Waals surface area (Å²) in [7, 11) is 2.09. The van der Waals surface area contributed by atoms with Crippen LogP contribution in [-0.4, -0.2) is 77.6 Å². The minimum absolute atomic E-state index is 0.0802. The molecule has 0 radical (unpaired) electrons. The van der Waals surface area contributed by atoms with Gasteiger partial charge in [0.2, 0.25) is 0 Å². The van der Waals surface area contributed by atoms with Gasteiger partial charge in [-0.2, -0.15) is 0 Å². The third kappa shape index (κ3) is 3.42. The first kappa shape index (κ1) is 15.1. The van der Waals surface area contributed by atoms with E-state index in [-0.39, 0.29) is 18.0 Å². The van der Waals surface area contributed by atoms with Gasteiger partial charge in [-0.25, -0.2) is 4.79 Å². The first-order valence-electron chi connectivity index (χ1n) is 7.46. The van der Waals surface area contributed by atoms with E-state index in [1.807, 2.05) is 9.80 Å². The zero-order valence-electron chi connectivity index (χ0n) is 12.4. The third-order valence-electron chi connectivity index (χ3n) is 4.41. The molecule has 0 aromatic rings. The molecule has 6 heteroatoms. The third-order valence-corrected chi connectivity index (χ3v) is 4.41. The van der Waals surface area contributed by atoms with Crippen LogP contribution in [0.4, 0.5) is 4.79 Å². The van der Waals surface area contributed by atoms with E-state index in [0.717, 1.165) is 26.1 Å². The second-order valence-corrected chi connectivity index (χ2v) is 6.04. The van der Waals surface area contributed by atoms with E-state index in [4.69, 9.17) is 5.11 Å². The molecule has 2 saturated heterocycles. The number of urea groups is 1. The van der Waals surface area contributed by atoms with Crippen LogP contribution < -0.4 is 0 Å². The Balaban J connectivity index is 1.92. The number of aliphatic carboxylic acids is 1. The molecule has 0 aromatic carbocycles. The summed E-state index contributed by atoms with van der Waals surface area (Å²) in [6.07, 6.45) is 2.14. The van der Waals surface area contributed by atoms with Gasteiger partial charge in [0.1, 0.15) is 0 Å². The zero-order valence-corrected chi connectivity index (χ0v) is 12.4. The van der Waals surface area contributed by atoms with E-state index >= 15 is 0 Å². The van der Waals surface area contributed by atoms with Crippen LogP contribution in [0.1, 0.15) is 26.2 Å². The van der Waals surface area contributed by atoms with Crippen LogP contribution in [0, 0.1) is 5.92 Å². The highest BCUT2D eigenvalue weighted by Crippen LogP contribution is 2.20. The number of rotatable bonds is 1. The van der Waals surface area contributed by atoms with Crippen LogP contribution in [0.2, 0.25) is 0 Å². The summed E-state index contributed by atoms with van der Waals surface area (Å²) in [5, 5.41) is 9.00. The number of carbonyl (C=O) groups excluding carboxylic acids is 1. The molecule has 6 nitrogen and oxygen atoms in total. The highest BCUT2D eigenvalue weighted by molar-refractivity contribution is 5.76. The number of likely N-dealkylation sites (tertiary alicyclic amines) is 1. The maximum atomic E-state index is 12.6. The molecule has 2 heterocycles. The topological polar surface area (TPSA) is 64.1 Å². The number of carboxylic acids is 1. The Morgan fingerprint density at radius 2 is 1.75 bits per heavy atom. The van der Waals surface area contributed by atoms with Crippen molar-refractivity contribution >= 4 is 12.0 Å². The first-order valence-corrected chi connectivity index (χ1v) is 7.46. The molecule has 114 valence electrons. The molecular weight excluding hydrogens is 258 g/mol. The molecular formula is C14H25N3O3. The van der Waals surface area contributed by atoms with E-state index in [1.165, 1.54) is 0 Å². The summed E-state index contributed by atoms with van der Waals surface area (Å²) in [5.41, 5.74) is 0. The van der Waals surface area contributed by atoms with Gasteiger partial charge in [-0.3, -0.25) is 4.79 Å². The van der Waals surface area contributed by atoms with Gasteiger partial charge in [0.25, 0.3) is 0 Å². The Morgan fingerprint density at radius 3 is 2.35 bits per heavy atom. The van der Waals surface area contributed by atoms with Crippen molar-refractivity contribution in [1.82, 2.24) is 14.7 Å². The molecule has 0 saturated carbocycles. The summed E-state index contributed by atoms with van der Waals surface area (Å²) in [6, 6.07) is 0.295. The largest absolute Gasteiger partial charge is 0.481 e. The van der Waals surface area contributed by atoms with E-state index in [2.05, 4.69) is 18.9 Å². The van der Waals surface area contributed by atoms with Crippen molar-refractivity contribution in [3.05, 3.63) is 0 Å². The van der Waals surface area contributed by atoms with Crippen molar-refractivity contribution in [2.75, 3.05) is 39.8 Å². The maximum absolute atomic E-state index is 12.6. The van der Waals surface area contributed by atoms with E-state index in [0.29, 0.717) is 25.9 Å². The Kier molecular flexibility index (Phi) is 4.86. The zero-order chi connectivity index (χ0) is 14.7. The lowest BCUT2D eigenvalue weighted by molar-refractivity contribution is -0.143. The van der Waals surface area contributed by atoms with Crippen LogP contribution in [0.15, 0.2) is 0 Å². The highest BCUT2D eigenvalue weighted by Gasteiger charge is 2.32. The summed E-state index contributed by atoms with van der Waals surface area (Å²) in [5.74, 6) is -1.02. The molecule has 2 fully saturated rings. The standard InChI is InChI=1S/C14H25N3O3/c1-11-10-15(2)6-3-7-17(11)14(20)16-8-4-12(5-9-16)13(18)19/h11-12H,3-10H2,1-2H3,(H,18,19). The lowest BCUT2D eigenvalue weighted by Gasteiger charge is -2.36. The molecule has 2 aliphatic rings. The smallest absolute Gasteiger partial charge is 0.320 e. The number of carboxylic acid groups (broad SMARTS) is 1. The van der Waals surface area contributed by atoms with Crippen LogP contribution in [0.3, 0.4) is 0 Å². The van der Waals surface area contributed by atoms with E-state index < -0.39 is 5.97 Å². The summed E-state index contributed by atoms with van der Waals surface area (Å²) < 4.78 is 0. The van der Waals surface area contributed by atoms with Crippen LogP contribution in [0.5, 0.6) is 0 Å². The Hall–Kier alpha value is -1.30. The number of nitrogens with zero attached hydrogens (tertiary/aromatic N) is 3. The fourth-order valence-electron chi connectivity index (χ4n) is 3.16. The molecule has 2 amide bonds. The lowest BCUT2D eigenvalue weighted by atomic mass is 9.97. The van der Waals surface area contributed by atoms with Gasteiger partial charge in [-0.05, 0) is 39.8 Å². The van der Waals surface area contributed by atoms with Crippen molar-refractivity contribution < 1.29 is 14.7 Å². The number of carbonyl (C=O) groups is 2. The lowest BCUT2D eigenvalue weighted by Crippen LogP contribution is -2.51. The average molecular weight is 283 g/mol. The van der Waals surface area contributed by atoms with Gasteiger partial charge < -0.3 is 19.8 Å². The minimum Gasteiger partial charge on any atom is -0.481 e. The fraction of sp³-hybridized carbons (Fsp3) is 0.857. The summed E-state index contributed by atoms with van der Waals surface area (Å²) >= 11 is 0. The minimum atomic E-state index is -0.734. The number of amides is 2. The molecule has 0 aromatic heterocycles. The highest BCUT2D eigenvalue weighted by atomic mass is 16.4. The maximum Gasteiger partial charge on any atom is 0.320 e. The van der Waals surface area contributed by atoms with Gasteiger partial charge in [0, 0.05) is 32.2 Å². The second-order valence-electron chi connectivity index (χ2n) is 6.04. The predicted octanol–water partition coefficient (Wildman–Crippen LogP) is 0.929. The SMILES string of the molecule is CC1CN(C)CCCN1C(=O)N1CCC(C(=O)O)CC1. The Labute approximate surface area is 120 Å². The fourth-order valence-corrected chi connectivity index (χ4v) is 3.16. The summed E-state index contributed by atoms with van der Waals surface area (Å²) in [6.45, 7) is 5.93. The number of piperidine rings is 1. The predicted molar refractivity (Wildman–Crippen MR) is 75.6 cm³/mol. The molecule has 1 N–H and O–H groups in total. The number of likely N-dealkylation sites (N-methyl/N-ethyl adjacent to an activating group) is 1. The van der Waals surface area contributed by atoms with Crippen LogP contribution in [-0.2, 0) is 4.79 Å². The quantitative estimate of drug-likeness (QED) is 0.777. The number of hydrogen-bond acceptors (Lipinski definition) is 3. The summed E-state index contributed by atoms with van der Waals surface area (Å²) in [4.78, 5) is 29.6.